The lowest BCUT2D eigenvalue weighted by Gasteiger charge is -2.35. The van der Waals surface area contributed by atoms with Gasteiger partial charge in [0.15, 0.2) is 11.5 Å². The number of hydrogen-bond donors (Lipinski definition) is 2. The first-order chi connectivity index (χ1) is 15.1. The molecule has 1 saturated carbocycles. The van der Waals surface area contributed by atoms with Gasteiger partial charge >= 0.3 is 0 Å². The molecule has 1 unspecified atom stereocenters. The molecule has 1 heterocycles. The van der Waals surface area contributed by atoms with Gasteiger partial charge in [-0.15, -0.1) is 0 Å². The van der Waals surface area contributed by atoms with E-state index in [2.05, 4.69) is 15.5 Å². The lowest BCUT2D eigenvalue weighted by Crippen LogP contribution is -2.46. The van der Waals surface area contributed by atoms with Crippen molar-refractivity contribution in [1.82, 2.24) is 15.5 Å². The smallest absolute Gasteiger partial charge is 0.239 e. The average Bonchev–Trinajstić information content (AvgIpc) is 2.83. The molecule has 0 spiro atoms. The predicted molar refractivity (Wildman–Crippen MR) is 117 cm³/mol. The summed E-state index contributed by atoms with van der Waals surface area (Å²) in [5.41, 5.74) is 1.03. The number of nitrogens with zero attached hydrogens (tertiary/aromatic N) is 1. The summed E-state index contributed by atoms with van der Waals surface area (Å²) >= 11 is 0. The molecule has 1 atom stereocenters. The maximum atomic E-state index is 12.5. The van der Waals surface area contributed by atoms with Crippen LogP contribution in [0.4, 0.5) is 0 Å². The number of benzene rings is 1. The fourth-order valence-corrected chi connectivity index (χ4v) is 4.36. The van der Waals surface area contributed by atoms with Crippen molar-refractivity contribution in [1.29, 1.82) is 0 Å². The summed E-state index contributed by atoms with van der Waals surface area (Å²) in [6.07, 6.45) is 5.23. The maximum absolute atomic E-state index is 12.5. The number of methoxy groups -OCH3 is 2. The van der Waals surface area contributed by atoms with Crippen LogP contribution in [0, 0.1) is 5.92 Å². The van der Waals surface area contributed by atoms with Crippen molar-refractivity contribution in [3.05, 3.63) is 23.8 Å². The van der Waals surface area contributed by atoms with Gasteiger partial charge in [0.05, 0.1) is 40.0 Å². The summed E-state index contributed by atoms with van der Waals surface area (Å²) < 4.78 is 16.3. The molecule has 1 saturated heterocycles. The first kappa shape index (κ1) is 23.3. The van der Waals surface area contributed by atoms with E-state index in [0.717, 1.165) is 44.3 Å². The van der Waals surface area contributed by atoms with Crippen LogP contribution in [0.5, 0.6) is 11.5 Å². The van der Waals surface area contributed by atoms with Crippen LogP contribution in [-0.4, -0.2) is 70.3 Å². The maximum Gasteiger partial charge on any atom is 0.239 e. The van der Waals surface area contributed by atoms with Crippen LogP contribution in [0.1, 0.15) is 43.7 Å². The number of rotatable bonds is 9. The third-order valence-corrected chi connectivity index (χ3v) is 6.17. The first-order valence-electron chi connectivity index (χ1n) is 11.2. The molecule has 1 aromatic rings. The van der Waals surface area contributed by atoms with Crippen molar-refractivity contribution < 1.29 is 23.8 Å². The van der Waals surface area contributed by atoms with Crippen LogP contribution in [0.3, 0.4) is 0 Å². The van der Waals surface area contributed by atoms with Gasteiger partial charge in [0, 0.05) is 25.6 Å². The van der Waals surface area contributed by atoms with Gasteiger partial charge in [-0.3, -0.25) is 14.5 Å². The molecule has 2 fully saturated rings. The van der Waals surface area contributed by atoms with Gasteiger partial charge < -0.3 is 24.8 Å². The lowest BCUT2D eigenvalue weighted by molar-refractivity contribution is -0.129. The summed E-state index contributed by atoms with van der Waals surface area (Å²) in [6.45, 7) is 3.34. The van der Waals surface area contributed by atoms with Crippen LogP contribution in [-0.2, 0) is 14.3 Å². The Hall–Kier alpha value is -2.32. The third kappa shape index (κ3) is 6.58. The van der Waals surface area contributed by atoms with Crippen LogP contribution >= 0.6 is 0 Å². The fraction of sp³-hybridized carbons (Fsp3) is 0.652. The van der Waals surface area contributed by atoms with E-state index in [0.29, 0.717) is 31.3 Å². The summed E-state index contributed by atoms with van der Waals surface area (Å²) in [4.78, 5) is 27.1. The van der Waals surface area contributed by atoms with Crippen LogP contribution in [0.2, 0.25) is 0 Å². The Bertz CT molecular complexity index is 730. The highest BCUT2D eigenvalue weighted by atomic mass is 16.5. The molecule has 172 valence electrons. The highest BCUT2D eigenvalue weighted by molar-refractivity contribution is 5.85. The molecule has 1 aliphatic carbocycles. The zero-order valence-corrected chi connectivity index (χ0v) is 18.7. The van der Waals surface area contributed by atoms with Gasteiger partial charge in [0.2, 0.25) is 11.8 Å². The second-order valence-corrected chi connectivity index (χ2v) is 8.14. The molecular formula is C23H35N3O5. The molecule has 2 aliphatic rings. The van der Waals surface area contributed by atoms with Crippen LogP contribution in [0.25, 0.3) is 0 Å². The molecule has 3 rings (SSSR count). The Kier molecular flexibility index (Phi) is 8.97. The van der Waals surface area contributed by atoms with Crippen molar-refractivity contribution in [3.8, 4) is 11.5 Å². The molecule has 1 aliphatic heterocycles. The van der Waals surface area contributed by atoms with Crippen molar-refractivity contribution in [2.45, 2.75) is 38.1 Å². The van der Waals surface area contributed by atoms with Crippen LogP contribution < -0.4 is 20.1 Å². The van der Waals surface area contributed by atoms with E-state index in [-0.39, 0.29) is 30.3 Å². The number of morpholine rings is 1. The van der Waals surface area contributed by atoms with E-state index < -0.39 is 0 Å². The average molecular weight is 434 g/mol. The minimum Gasteiger partial charge on any atom is -0.493 e. The normalized spacial score (nSPS) is 18.8. The number of amides is 2. The molecule has 0 bridgehead atoms. The molecular weight excluding hydrogens is 398 g/mol. The molecule has 1 aromatic carbocycles. The van der Waals surface area contributed by atoms with Crippen LogP contribution in [0.15, 0.2) is 18.2 Å². The zero-order chi connectivity index (χ0) is 22.1. The molecule has 2 N–H and O–H groups in total. The summed E-state index contributed by atoms with van der Waals surface area (Å²) in [5, 5.41) is 5.80. The minimum absolute atomic E-state index is 0.000491. The lowest BCUT2D eigenvalue weighted by atomic mass is 9.89. The van der Waals surface area contributed by atoms with E-state index in [1.165, 1.54) is 6.42 Å². The summed E-state index contributed by atoms with van der Waals surface area (Å²) in [5.74, 6) is 1.20. The molecule has 2 amide bonds. The fourth-order valence-electron chi connectivity index (χ4n) is 4.36. The Morgan fingerprint density at radius 1 is 1.06 bits per heavy atom. The molecule has 8 nitrogen and oxygen atoms in total. The van der Waals surface area contributed by atoms with E-state index in [4.69, 9.17) is 14.2 Å². The Labute approximate surface area is 184 Å². The van der Waals surface area contributed by atoms with E-state index in [1.807, 2.05) is 18.2 Å². The van der Waals surface area contributed by atoms with E-state index >= 15 is 0 Å². The van der Waals surface area contributed by atoms with Crippen molar-refractivity contribution >= 4 is 11.8 Å². The van der Waals surface area contributed by atoms with Crippen molar-refractivity contribution in [2.75, 3.05) is 53.6 Å². The number of nitrogens with one attached hydrogen (secondary N) is 2. The molecule has 31 heavy (non-hydrogen) atoms. The zero-order valence-electron chi connectivity index (χ0n) is 18.7. The Morgan fingerprint density at radius 2 is 1.77 bits per heavy atom. The monoisotopic (exact) mass is 433 g/mol. The number of carbonyl (C=O) groups excluding carboxylic acids is 2. The predicted octanol–water partition coefficient (Wildman–Crippen LogP) is 1.89. The highest BCUT2D eigenvalue weighted by Crippen LogP contribution is 2.32. The highest BCUT2D eigenvalue weighted by Gasteiger charge is 2.25. The second-order valence-electron chi connectivity index (χ2n) is 8.14. The minimum atomic E-state index is -0.178. The second kappa shape index (κ2) is 11.9. The number of carbonyl (C=O) groups is 2. The van der Waals surface area contributed by atoms with Gasteiger partial charge in [0.1, 0.15) is 0 Å². The molecule has 0 aromatic heterocycles. The number of hydrogen-bond acceptors (Lipinski definition) is 6. The van der Waals surface area contributed by atoms with Gasteiger partial charge in [-0.05, 0) is 30.5 Å². The third-order valence-electron chi connectivity index (χ3n) is 6.17. The van der Waals surface area contributed by atoms with Gasteiger partial charge in [-0.25, -0.2) is 0 Å². The Balaban J connectivity index is 1.59. The molecule has 0 radical (unpaired) electrons. The van der Waals surface area contributed by atoms with Crippen molar-refractivity contribution in [3.63, 3.8) is 0 Å². The Morgan fingerprint density at radius 3 is 2.45 bits per heavy atom. The largest absolute Gasteiger partial charge is 0.493 e. The summed E-state index contributed by atoms with van der Waals surface area (Å²) in [6, 6.07) is 5.81. The quantitative estimate of drug-likeness (QED) is 0.618. The van der Waals surface area contributed by atoms with Crippen molar-refractivity contribution in [2.24, 2.45) is 5.92 Å². The first-order valence-corrected chi connectivity index (χ1v) is 11.2. The SMILES string of the molecule is COc1ccc(C(CNC(=O)CNC(=O)C2CCCCC2)N2CCOCC2)cc1OC. The van der Waals surface area contributed by atoms with Gasteiger partial charge in [-0.2, -0.15) is 0 Å². The summed E-state index contributed by atoms with van der Waals surface area (Å²) in [7, 11) is 3.22. The van der Waals surface area contributed by atoms with Gasteiger partial charge in [0.25, 0.3) is 0 Å². The van der Waals surface area contributed by atoms with E-state index in [1.54, 1.807) is 14.2 Å². The number of ether oxygens (including phenoxy) is 3. The van der Waals surface area contributed by atoms with E-state index in [9.17, 15) is 9.59 Å². The molecule has 8 heteroatoms. The standard InChI is InChI=1S/C23H35N3O5/c1-29-20-9-8-18(14-21(20)30-2)19(26-10-12-31-13-11-26)15-24-22(27)16-25-23(28)17-6-4-3-5-7-17/h8-9,14,17,19H,3-7,10-13,15-16H2,1-2H3,(H,24,27)(H,25,28). The topological polar surface area (TPSA) is 89.1 Å². The van der Waals surface area contributed by atoms with Gasteiger partial charge in [-0.1, -0.05) is 25.3 Å².